The van der Waals surface area contributed by atoms with Gasteiger partial charge in [0.1, 0.15) is 11.8 Å². The van der Waals surface area contributed by atoms with Gasteiger partial charge < -0.3 is 9.47 Å². The van der Waals surface area contributed by atoms with E-state index < -0.39 is 12.0 Å². The molecule has 38 heavy (non-hydrogen) atoms. The molecule has 0 spiro atoms. The number of nitriles is 1. The summed E-state index contributed by atoms with van der Waals surface area (Å²) < 4.78 is 12.9. The third-order valence-electron chi connectivity index (χ3n) is 5.95. The summed E-state index contributed by atoms with van der Waals surface area (Å²) in [4.78, 5) is 32.6. The second-order valence-corrected chi connectivity index (χ2v) is 9.37. The van der Waals surface area contributed by atoms with Crippen LogP contribution in [-0.2, 0) is 9.53 Å². The van der Waals surface area contributed by atoms with Crippen molar-refractivity contribution in [3.8, 4) is 11.8 Å². The minimum atomic E-state index is -0.714. The zero-order chi connectivity index (χ0) is 26.5. The number of hydrogen-bond acceptors (Lipinski definition) is 7. The fourth-order valence-corrected chi connectivity index (χ4v) is 5.35. The molecule has 0 bridgehead atoms. The van der Waals surface area contributed by atoms with Crippen LogP contribution in [0.2, 0.25) is 0 Å². The number of rotatable bonds is 7. The highest BCUT2D eigenvalue weighted by Crippen LogP contribution is 2.35. The Morgan fingerprint density at radius 2 is 1.82 bits per heavy atom. The third-order valence-corrected chi connectivity index (χ3v) is 6.93. The first-order valence-electron chi connectivity index (χ1n) is 12.0. The summed E-state index contributed by atoms with van der Waals surface area (Å²) in [5.74, 6) is 0.0202. The van der Waals surface area contributed by atoms with Crippen molar-refractivity contribution in [3.63, 3.8) is 0 Å². The molecule has 0 saturated heterocycles. The summed E-state index contributed by atoms with van der Waals surface area (Å²) in [6, 6.07) is 27.3. The summed E-state index contributed by atoms with van der Waals surface area (Å²) in [5.41, 5.74) is 2.82. The quantitative estimate of drug-likeness (QED) is 0.345. The van der Waals surface area contributed by atoms with Gasteiger partial charge in [-0.15, -0.1) is 0 Å². The minimum absolute atomic E-state index is 0.0678. The molecule has 2 heterocycles. The van der Waals surface area contributed by atoms with E-state index in [-0.39, 0.29) is 18.8 Å². The largest absolute Gasteiger partial charge is 0.479 e. The van der Waals surface area contributed by atoms with Crippen LogP contribution < -0.4 is 19.6 Å². The zero-order valence-electron chi connectivity index (χ0n) is 20.5. The lowest BCUT2D eigenvalue weighted by Gasteiger charge is -2.25. The topological polar surface area (TPSA) is 93.7 Å². The van der Waals surface area contributed by atoms with Crippen molar-refractivity contribution in [2.24, 2.45) is 4.99 Å². The number of fused-ring (bicyclic) bond motifs is 1. The van der Waals surface area contributed by atoms with Crippen molar-refractivity contribution in [3.05, 3.63) is 127 Å². The molecule has 8 heteroatoms. The molecule has 7 nitrogen and oxygen atoms in total. The zero-order valence-corrected chi connectivity index (χ0v) is 21.4. The van der Waals surface area contributed by atoms with Crippen LogP contribution in [0.1, 0.15) is 29.7 Å². The van der Waals surface area contributed by atoms with Crippen LogP contribution in [0.4, 0.5) is 0 Å². The SMILES string of the molecule is CCOC(=O)C1=C(c2ccccc2)N=c2s/c(=C\c3cccc(OCC#N)c3)c(=O)n2[C@H]1c1ccccc1. The Bertz CT molecular complexity index is 1730. The highest BCUT2D eigenvalue weighted by Gasteiger charge is 2.35. The van der Waals surface area contributed by atoms with Crippen LogP contribution in [0.25, 0.3) is 11.8 Å². The number of ether oxygens (including phenoxy) is 2. The standard InChI is InChI=1S/C30H23N3O4S/c1-2-36-29(35)25-26(21-11-5-3-6-12-21)32-30-33(27(25)22-13-7-4-8-14-22)28(34)24(38-30)19-20-10-9-15-23(18-20)37-17-16-31/h3-15,18-19,27H,2,17H2,1H3/b24-19-/t27-/m0/s1. The van der Waals surface area contributed by atoms with Gasteiger partial charge in [0.15, 0.2) is 11.4 Å². The third kappa shape index (κ3) is 4.92. The maximum atomic E-state index is 13.9. The van der Waals surface area contributed by atoms with Crippen molar-refractivity contribution < 1.29 is 14.3 Å². The number of carbonyl (C=O) groups excluding carboxylic acids is 1. The Morgan fingerprint density at radius 3 is 2.53 bits per heavy atom. The molecule has 1 aromatic heterocycles. The number of aromatic nitrogens is 1. The van der Waals surface area contributed by atoms with E-state index in [9.17, 15) is 9.59 Å². The maximum Gasteiger partial charge on any atom is 0.338 e. The monoisotopic (exact) mass is 521 g/mol. The van der Waals surface area contributed by atoms with Crippen LogP contribution in [0, 0.1) is 11.3 Å². The smallest absolute Gasteiger partial charge is 0.338 e. The number of benzene rings is 3. The summed E-state index contributed by atoms with van der Waals surface area (Å²) in [6.07, 6.45) is 1.77. The first kappa shape index (κ1) is 24.9. The predicted octanol–water partition coefficient (Wildman–Crippen LogP) is 3.84. The van der Waals surface area contributed by atoms with Gasteiger partial charge in [-0.25, -0.2) is 9.79 Å². The Kier molecular flexibility index (Phi) is 7.29. The molecule has 1 aliphatic rings. The molecular weight excluding hydrogens is 498 g/mol. The van der Waals surface area contributed by atoms with Crippen LogP contribution >= 0.6 is 11.3 Å². The fourth-order valence-electron chi connectivity index (χ4n) is 4.35. The Labute approximate surface area is 222 Å². The molecule has 0 fully saturated rings. The molecule has 0 unspecified atom stereocenters. The van der Waals surface area contributed by atoms with Gasteiger partial charge in [-0.05, 0) is 36.3 Å². The van der Waals surface area contributed by atoms with Gasteiger partial charge in [0, 0.05) is 5.56 Å². The summed E-state index contributed by atoms with van der Waals surface area (Å²) in [5, 5.41) is 8.81. The number of esters is 1. The van der Waals surface area contributed by atoms with E-state index in [1.165, 1.54) is 11.3 Å². The molecule has 0 aliphatic carbocycles. The van der Waals surface area contributed by atoms with E-state index in [1.807, 2.05) is 72.8 Å². The maximum absolute atomic E-state index is 13.9. The molecule has 3 aromatic carbocycles. The molecule has 0 N–H and O–H groups in total. The Morgan fingerprint density at radius 1 is 1.08 bits per heavy atom. The Balaban J connectivity index is 1.76. The molecule has 188 valence electrons. The normalized spacial score (nSPS) is 14.8. The molecule has 1 atom stereocenters. The molecule has 4 aromatic rings. The van der Waals surface area contributed by atoms with Crippen molar-refractivity contribution >= 4 is 29.1 Å². The average Bonchev–Trinajstić information content (AvgIpc) is 3.26. The molecule has 1 aliphatic heterocycles. The van der Waals surface area contributed by atoms with Gasteiger partial charge in [0.25, 0.3) is 5.56 Å². The summed E-state index contributed by atoms with van der Waals surface area (Å²) >= 11 is 1.25. The summed E-state index contributed by atoms with van der Waals surface area (Å²) in [7, 11) is 0. The van der Waals surface area contributed by atoms with Crippen LogP contribution in [0.5, 0.6) is 5.75 Å². The second-order valence-electron chi connectivity index (χ2n) is 8.36. The van der Waals surface area contributed by atoms with E-state index in [2.05, 4.69) is 0 Å². The number of thiazole rings is 1. The summed E-state index contributed by atoms with van der Waals surface area (Å²) in [6.45, 7) is 1.88. The van der Waals surface area contributed by atoms with Gasteiger partial charge in [0.05, 0.1) is 28.5 Å². The minimum Gasteiger partial charge on any atom is -0.479 e. The van der Waals surface area contributed by atoms with Crippen LogP contribution in [0.3, 0.4) is 0 Å². The van der Waals surface area contributed by atoms with E-state index in [0.29, 0.717) is 26.4 Å². The van der Waals surface area contributed by atoms with Crippen molar-refractivity contribution in [2.75, 3.05) is 13.2 Å². The number of nitrogens with zero attached hydrogens (tertiary/aromatic N) is 3. The highest BCUT2D eigenvalue weighted by molar-refractivity contribution is 7.07. The van der Waals surface area contributed by atoms with E-state index >= 15 is 0 Å². The van der Waals surface area contributed by atoms with Gasteiger partial charge >= 0.3 is 5.97 Å². The average molecular weight is 522 g/mol. The molecule has 5 rings (SSSR count). The van der Waals surface area contributed by atoms with Crippen LogP contribution in [0.15, 0.2) is 100 Å². The lowest BCUT2D eigenvalue weighted by atomic mass is 9.93. The molecule has 0 amide bonds. The highest BCUT2D eigenvalue weighted by atomic mass is 32.1. The molecular formula is C30H23N3O4S. The molecule has 0 radical (unpaired) electrons. The van der Waals surface area contributed by atoms with Gasteiger partial charge in [0.2, 0.25) is 0 Å². The van der Waals surface area contributed by atoms with Gasteiger partial charge in [-0.1, -0.05) is 84.1 Å². The Hall–Kier alpha value is -4.74. The van der Waals surface area contributed by atoms with E-state index in [4.69, 9.17) is 19.7 Å². The van der Waals surface area contributed by atoms with Crippen molar-refractivity contribution in [1.82, 2.24) is 4.57 Å². The first-order chi connectivity index (χ1) is 18.6. The lowest BCUT2D eigenvalue weighted by Crippen LogP contribution is -2.39. The van der Waals surface area contributed by atoms with Gasteiger partial charge in [-0.2, -0.15) is 5.26 Å². The lowest BCUT2D eigenvalue weighted by molar-refractivity contribution is -0.138. The van der Waals surface area contributed by atoms with E-state index in [0.717, 1.165) is 16.7 Å². The van der Waals surface area contributed by atoms with E-state index in [1.54, 1.807) is 35.8 Å². The predicted molar refractivity (Wildman–Crippen MR) is 145 cm³/mol. The second kappa shape index (κ2) is 11.1. The van der Waals surface area contributed by atoms with Crippen molar-refractivity contribution in [1.29, 1.82) is 5.26 Å². The fraction of sp³-hybridized carbons (Fsp3) is 0.133. The number of carbonyl (C=O) groups is 1. The van der Waals surface area contributed by atoms with Crippen molar-refractivity contribution in [2.45, 2.75) is 13.0 Å². The number of hydrogen-bond donors (Lipinski definition) is 0. The van der Waals surface area contributed by atoms with Crippen LogP contribution in [-0.4, -0.2) is 23.8 Å². The first-order valence-corrected chi connectivity index (χ1v) is 12.9. The molecule has 0 saturated carbocycles. The van der Waals surface area contributed by atoms with Gasteiger partial charge in [-0.3, -0.25) is 9.36 Å².